The van der Waals surface area contributed by atoms with Crippen LogP contribution in [0.1, 0.15) is 45.0 Å². The van der Waals surface area contributed by atoms with Gasteiger partial charge in [-0.2, -0.15) is 5.10 Å². The average molecular weight is 410 g/mol. The standard InChI is InChI=1S/C19H27N2O6P/c1-6-25-19(23)15-16(17(22)14-10-8-7-9-11-14)20-21-18(15)28(24,26-12(2)3)27-13(4)5/h7-13,15,18,21H,6H2,1-5H3/t15-,18+/m0/s1. The molecule has 1 aromatic rings. The van der Waals surface area contributed by atoms with E-state index >= 15 is 0 Å². The number of Topliss-reactive ketones (excluding diaryl/α,β-unsaturated/α-hetero) is 1. The molecule has 0 fully saturated rings. The molecule has 0 unspecified atom stereocenters. The molecule has 1 aromatic carbocycles. The molecule has 0 saturated heterocycles. The van der Waals surface area contributed by atoms with E-state index in [1.54, 1.807) is 65.0 Å². The molecule has 0 aliphatic carbocycles. The fraction of sp³-hybridized carbons (Fsp3) is 0.526. The molecule has 0 amide bonds. The summed E-state index contributed by atoms with van der Waals surface area (Å²) in [7, 11) is -3.86. The second-order valence-electron chi connectivity index (χ2n) is 6.84. The molecule has 1 heterocycles. The highest BCUT2D eigenvalue weighted by Gasteiger charge is 2.53. The van der Waals surface area contributed by atoms with Gasteiger partial charge in [-0.15, -0.1) is 0 Å². The van der Waals surface area contributed by atoms with E-state index in [2.05, 4.69) is 10.5 Å². The predicted molar refractivity (Wildman–Crippen MR) is 105 cm³/mol. The van der Waals surface area contributed by atoms with Crippen LogP contribution in [-0.4, -0.2) is 42.1 Å². The zero-order valence-corrected chi connectivity index (χ0v) is 17.6. The number of hydrogen-bond donors (Lipinski definition) is 1. The van der Waals surface area contributed by atoms with E-state index in [1.165, 1.54) is 0 Å². The molecule has 2 atom stereocenters. The van der Waals surface area contributed by atoms with Crippen LogP contribution in [0, 0.1) is 5.92 Å². The lowest BCUT2D eigenvalue weighted by Crippen LogP contribution is -2.40. The van der Waals surface area contributed by atoms with Crippen molar-refractivity contribution < 1.29 is 27.9 Å². The van der Waals surface area contributed by atoms with Crippen molar-refractivity contribution in [2.45, 2.75) is 52.6 Å². The highest BCUT2D eigenvalue weighted by molar-refractivity contribution is 7.54. The summed E-state index contributed by atoms with van der Waals surface area (Å²) in [5.41, 5.74) is 2.94. The van der Waals surface area contributed by atoms with Gasteiger partial charge < -0.3 is 13.8 Å². The van der Waals surface area contributed by atoms with E-state index in [9.17, 15) is 14.2 Å². The Bertz CT molecular complexity index is 764. The minimum atomic E-state index is -3.86. The number of rotatable bonds is 9. The van der Waals surface area contributed by atoms with Crippen molar-refractivity contribution in [3.63, 3.8) is 0 Å². The first-order valence-corrected chi connectivity index (χ1v) is 10.9. The van der Waals surface area contributed by atoms with Gasteiger partial charge in [-0.05, 0) is 34.6 Å². The lowest BCUT2D eigenvalue weighted by Gasteiger charge is -2.29. The molecule has 1 N–H and O–H groups in total. The maximum atomic E-state index is 13.6. The van der Waals surface area contributed by atoms with Crippen LogP contribution in [-0.2, 0) is 23.1 Å². The number of carbonyl (C=O) groups is 2. The first kappa shape index (κ1) is 22.3. The van der Waals surface area contributed by atoms with Crippen LogP contribution in [0.4, 0.5) is 0 Å². The number of hydrazone groups is 1. The summed E-state index contributed by atoms with van der Waals surface area (Å²) in [5, 5.41) is 4.04. The highest BCUT2D eigenvalue weighted by Crippen LogP contribution is 2.57. The fourth-order valence-electron chi connectivity index (χ4n) is 2.83. The Balaban J connectivity index is 2.43. The summed E-state index contributed by atoms with van der Waals surface area (Å²) in [6, 6.07) is 8.44. The Hall–Kier alpha value is -2.02. The number of esters is 1. The molecule has 0 bridgehead atoms. The Morgan fingerprint density at radius 2 is 1.68 bits per heavy atom. The van der Waals surface area contributed by atoms with Gasteiger partial charge >= 0.3 is 13.6 Å². The van der Waals surface area contributed by atoms with E-state index in [0.717, 1.165) is 0 Å². The molecule has 28 heavy (non-hydrogen) atoms. The topological polar surface area (TPSA) is 103 Å². The first-order valence-electron chi connectivity index (χ1n) is 9.25. The Kier molecular flexibility index (Phi) is 7.52. The summed E-state index contributed by atoms with van der Waals surface area (Å²) >= 11 is 0. The number of hydrogen-bond acceptors (Lipinski definition) is 8. The molecule has 154 valence electrons. The van der Waals surface area contributed by atoms with Gasteiger partial charge in [0.2, 0.25) is 5.78 Å². The third-order valence-corrected chi connectivity index (χ3v) is 6.32. The largest absolute Gasteiger partial charge is 0.465 e. The summed E-state index contributed by atoms with van der Waals surface area (Å²) in [4.78, 5) is 25.6. The molecule has 8 nitrogen and oxygen atoms in total. The van der Waals surface area contributed by atoms with Gasteiger partial charge in [0, 0.05) is 5.56 Å². The normalized spacial score (nSPS) is 19.5. The second kappa shape index (κ2) is 9.45. The van der Waals surface area contributed by atoms with Gasteiger partial charge in [-0.1, -0.05) is 30.3 Å². The molecule has 2 rings (SSSR count). The van der Waals surface area contributed by atoms with Crippen molar-refractivity contribution >= 4 is 25.1 Å². The summed E-state index contributed by atoms with van der Waals surface area (Å²) in [6.45, 7) is 8.60. The molecule has 1 aliphatic rings. The quantitative estimate of drug-likeness (QED) is 0.378. The van der Waals surface area contributed by atoms with Crippen LogP contribution in [0.3, 0.4) is 0 Å². The summed E-state index contributed by atoms with van der Waals surface area (Å²) < 4.78 is 29.9. The number of ether oxygens (including phenoxy) is 1. The van der Waals surface area contributed by atoms with E-state index in [0.29, 0.717) is 5.56 Å². The van der Waals surface area contributed by atoms with Crippen molar-refractivity contribution in [3.05, 3.63) is 35.9 Å². The molecular formula is C19H27N2O6P. The average Bonchev–Trinajstić information content (AvgIpc) is 3.06. The first-order chi connectivity index (χ1) is 13.2. The number of nitrogens with one attached hydrogen (secondary N) is 1. The van der Waals surface area contributed by atoms with Crippen LogP contribution in [0.25, 0.3) is 0 Å². The zero-order chi connectivity index (χ0) is 20.9. The van der Waals surface area contributed by atoms with Crippen LogP contribution in [0.15, 0.2) is 35.4 Å². The monoisotopic (exact) mass is 410 g/mol. The van der Waals surface area contributed by atoms with E-state index < -0.39 is 43.3 Å². The highest BCUT2D eigenvalue weighted by atomic mass is 31.2. The third kappa shape index (κ3) is 5.07. The lowest BCUT2D eigenvalue weighted by atomic mass is 9.96. The van der Waals surface area contributed by atoms with Crippen LogP contribution in [0.2, 0.25) is 0 Å². The number of ketones is 1. The Labute approximate surface area is 165 Å². The maximum Gasteiger partial charge on any atom is 0.356 e. The SMILES string of the molecule is CCOC(=O)[C@H]1C(C(=O)c2ccccc2)=NN[C@@H]1P(=O)(OC(C)C)OC(C)C. The van der Waals surface area contributed by atoms with Crippen LogP contribution < -0.4 is 5.43 Å². The molecule has 0 aromatic heterocycles. The Morgan fingerprint density at radius 3 is 2.18 bits per heavy atom. The van der Waals surface area contributed by atoms with Crippen LogP contribution in [0.5, 0.6) is 0 Å². The fourth-order valence-corrected chi connectivity index (χ4v) is 5.14. The van der Waals surface area contributed by atoms with Crippen molar-refractivity contribution in [2.24, 2.45) is 11.0 Å². The number of benzene rings is 1. The summed E-state index contributed by atoms with van der Waals surface area (Å²) in [6.07, 6.45) is -0.855. The zero-order valence-electron chi connectivity index (χ0n) is 16.7. The second-order valence-corrected chi connectivity index (χ2v) is 8.90. The van der Waals surface area contributed by atoms with Gasteiger partial charge in [-0.25, -0.2) is 0 Å². The van der Waals surface area contributed by atoms with Gasteiger partial charge in [0.25, 0.3) is 0 Å². The molecule has 0 radical (unpaired) electrons. The van der Waals surface area contributed by atoms with E-state index in [1.807, 2.05) is 0 Å². The smallest absolute Gasteiger partial charge is 0.356 e. The van der Waals surface area contributed by atoms with Crippen molar-refractivity contribution in [1.82, 2.24) is 5.43 Å². The van der Waals surface area contributed by atoms with Crippen molar-refractivity contribution in [3.8, 4) is 0 Å². The molecule has 0 saturated carbocycles. The molecular weight excluding hydrogens is 383 g/mol. The maximum absolute atomic E-state index is 13.6. The third-order valence-electron chi connectivity index (χ3n) is 3.79. The van der Waals surface area contributed by atoms with Gasteiger partial charge in [0.05, 0.1) is 18.8 Å². The van der Waals surface area contributed by atoms with Gasteiger partial charge in [0.1, 0.15) is 11.6 Å². The molecule has 0 spiro atoms. The van der Waals surface area contributed by atoms with E-state index in [4.69, 9.17) is 13.8 Å². The van der Waals surface area contributed by atoms with Crippen molar-refractivity contribution in [2.75, 3.05) is 6.61 Å². The molecule has 1 aliphatic heterocycles. The minimum Gasteiger partial charge on any atom is -0.465 e. The van der Waals surface area contributed by atoms with Gasteiger partial charge in [-0.3, -0.25) is 19.6 Å². The Morgan fingerprint density at radius 1 is 1.11 bits per heavy atom. The number of carbonyl (C=O) groups excluding carboxylic acids is 2. The molecule has 9 heteroatoms. The summed E-state index contributed by atoms with van der Waals surface area (Å²) in [5.74, 6) is -3.52. The lowest BCUT2D eigenvalue weighted by molar-refractivity contribution is -0.145. The number of nitrogens with zero attached hydrogens (tertiary/aromatic N) is 1. The predicted octanol–water partition coefficient (Wildman–Crippen LogP) is 3.38. The van der Waals surface area contributed by atoms with Gasteiger partial charge in [0.15, 0.2) is 5.78 Å². The van der Waals surface area contributed by atoms with Crippen molar-refractivity contribution in [1.29, 1.82) is 0 Å². The van der Waals surface area contributed by atoms with Crippen LogP contribution >= 0.6 is 7.60 Å². The minimum absolute atomic E-state index is 0.0745. The van der Waals surface area contributed by atoms with E-state index in [-0.39, 0.29) is 12.3 Å².